The van der Waals surface area contributed by atoms with E-state index in [4.69, 9.17) is 4.74 Å². The van der Waals surface area contributed by atoms with Crippen LogP contribution in [0.2, 0.25) is 0 Å². The van der Waals surface area contributed by atoms with Gasteiger partial charge in [0.05, 0.1) is 19.0 Å². The first-order chi connectivity index (χ1) is 10.8. The number of hydrogen-bond acceptors (Lipinski definition) is 5. The predicted octanol–water partition coefficient (Wildman–Crippen LogP) is 2.82. The maximum atomic E-state index is 13.4. The number of H-pyrrole nitrogens is 1. The minimum Gasteiger partial charge on any atom is -0.493 e. The molecule has 112 valence electrons. The van der Waals surface area contributed by atoms with Crippen LogP contribution < -0.4 is 10.1 Å². The van der Waals surface area contributed by atoms with Gasteiger partial charge in [0, 0.05) is 11.6 Å². The highest BCUT2D eigenvalue weighted by atomic mass is 19.1. The number of hydrogen-bond donors (Lipinski definition) is 2. The molecule has 0 bridgehead atoms. The lowest BCUT2D eigenvalue weighted by molar-refractivity contribution is 0.315. The summed E-state index contributed by atoms with van der Waals surface area (Å²) < 4.78 is 19.1. The maximum Gasteiger partial charge on any atom is 0.182 e. The van der Waals surface area contributed by atoms with Gasteiger partial charge in [-0.2, -0.15) is 0 Å². The first kappa shape index (κ1) is 13.0. The number of imidazole rings is 1. The molecule has 6 nitrogen and oxygen atoms in total. The van der Waals surface area contributed by atoms with Gasteiger partial charge in [-0.15, -0.1) is 0 Å². The fourth-order valence-corrected chi connectivity index (χ4v) is 2.74. The quantitative estimate of drug-likeness (QED) is 0.761. The normalized spacial score (nSPS) is 17.6. The molecule has 1 aromatic carbocycles. The molecule has 4 rings (SSSR count). The van der Waals surface area contributed by atoms with E-state index in [-0.39, 0.29) is 11.9 Å². The molecule has 1 aliphatic rings. The Hall–Kier alpha value is -2.70. The first-order valence-corrected chi connectivity index (χ1v) is 7.14. The minimum absolute atomic E-state index is 0.000463. The van der Waals surface area contributed by atoms with Crippen LogP contribution in [0, 0.1) is 5.82 Å². The Morgan fingerprint density at radius 2 is 2.23 bits per heavy atom. The summed E-state index contributed by atoms with van der Waals surface area (Å²) in [5.74, 6) is 0.979. The van der Waals surface area contributed by atoms with Crippen molar-refractivity contribution >= 4 is 17.0 Å². The molecule has 0 aliphatic carbocycles. The van der Waals surface area contributed by atoms with E-state index in [1.807, 2.05) is 0 Å². The zero-order valence-corrected chi connectivity index (χ0v) is 11.7. The van der Waals surface area contributed by atoms with Crippen LogP contribution in [0.15, 0.2) is 30.9 Å². The van der Waals surface area contributed by atoms with Crippen molar-refractivity contribution in [3.05, 3.63) is 42.2 Å². The van der Waals surface area contributed by atoms with E-state index in [1.54, 1.807) is 12.4 Å². The smallest absolute Gasteiger partial charge is 0.182 e. The van der Waals surface area contributed by atoms with Crippen LogP contribution >= 0.6 is 0 Å². The number of rotatable bonds is 2. The molecule has 22 heavy (non-hydrogen) atoms. The van der Waals surface area contributed by atoms with Crippen LogP contribution in [0.4, 0.5) is 10.2 Å². The van der Waals surface area contributed by atoms with Crippen molar-refractivity contribution in [2.45, 2.75) is 18.9 Å². The van der Waals surface area contributed by atoms with E-state index in [2.05, 4.69) is 25.3 Å². The monoisotopic (exact) mass is 299 g/mol. The van der Waals surface area contributed by atoms with Gasteiger partial charge in [0.1, 0.15) is 23.4 Å². The average molecular weight is 299 g/mol. The molecule has 3 aromatic rings. The van der Waals surface area contributed by atoms with Crippen LogP contribution in [0.1, 0.15) is 24.4 Å². The van der Waals surface area contributed by atoms with Crippen molar-refractivity contribution in [3.63, 3.8) is 0 Å². The van der Waals surface area contributed by atoms with E-state index >= 15 is 0 Å². The number of halogens is 1. The molecular formula is C15H14FN5O. The fraction of sp³-hybridized carbons (Fsp3) is 0.267. The van der Waals surface area contributed by atoms with Crippen molar-refractivity contribution in [1.29, 1.82) is 0 Å². The molecule has 0 spiro atoms. The highest BCUT2D eigenvalue weighted by molar-refractivity contribution is 5.82. The summed E-state index contributed by atoms with van der Waals surface area (Å²) in [6.07, 6.45) is 4.82. The average Bonchev–Trinajstić information content (AvgIpc) is 2.92. The van der Waals surface area contributed by atoms with Gasteiger partial charge in [-0.25, -0.2) is 19.3 Å². The number of aromatic nitrogens is 4. The van der Waals surface area contributed by atoms with E-state index in [0.717, 1.165) is 23.9 Å². The Labute approximate surface area is 125 Å². The molecule has 2 N–H and O–H groups in total. The largest absolute Gasteiger partial charge is 0.493 e. The van der Waals surface area contributed by atoms with Gasteiger partial charge in [0.2, 0.25) is 0 Å². The molecule has 0 saturated carbocycles. The lowest BCUT2D eigenvalue weighted by Gasteiger charge is -2.19. The van der Waals surface area contributed by atoms with Gasteiger partial charge in [-0.3, -0.25) is 0 Å². The van der Waals surface area contributed by atoms with E-state index in [9.17, 15) is 4.39 Å². The Morgan fingerprint density at radius 3 is 3.18 bits per heavy atom. The summed E-state index contributed by atoms with van der Waals surface area (Å²) in [7, 11) is 0. The van der Waals surface area contributed by atoms with Crippen molar-refractivity contribution in [1.82, 2.24) is 19.9 Å². The molecular weight excluding hydrogens is 285 g/mol. The summed E-state index contributed by atoms with van der Waals surface area (Å²) in [4.78, 5) is 15.6. The molecule has 0 radical (unpaired) electrons. The van der Waals surface area contributed by atoms with E-state index < -0.39 is 0 Å². The number of ether oxygens (including phenoxy) is 1. The van der Waals surface area contributed by atoms with Crippen molar-refractivity contribution in [2.24, 2.45) is 0 Å². The second-order valence-corrected chi connectivity index (χ2v) is 5.19. The third kappa shape index (κ3) is 2.24. The van der Waals surface area contributed by atoms with E-state index in [0.29, 0.717) is 23.8 Å². The zero-order chi connectivity index (χ0) is 14.9. The van der Waals surface area contributed by atoms with Gasteiger partial charge in [-0.05, 0) is 18.9 Å². The molecule has 1 aliphatic heterocycles. The summed E-state index contributed by atoms with van der Waals surface area (Å²) >= 11 is 0. The van der Waals surface area contributed by atoms with Crippen molar-refractivity contribution in [2.75, 3.05) is 11.9 Å². The molecule has 3 heterocycles. The van der Waals surface area contributed by atoms with Gasteiger partial charge >= 0.3 is 0 Å². The summed E-state index contributed by atoms with van der Waals surface area (Å²) in [5.41, 5.74) is 2.31. The fourth-order valence-electron chi connectivity index (χ4n) is 2.74. The summed E-state index contributed by atoms with van der Waals surface area (Å²) in [6.45, 7) is 0.581. The third-order valence-electron chi connectivity index (χ3n) is 3.78. The number of benzene rings is 1. The van der Waals surface area contributed by atoms with Crippen LogP contribution in [0.25, 0.3) is 11.2 Å². The highest BCUT2D eigenvalue weighted by Gasteiger charge is 2.21. The Bertz CT molecular complexity index is 819. The summed E-state index contributed by atoms with van der Waals surface area (Å²) in [6, 6.07) is 4.65. The zero-order valence-electron chi connectivity index (χ0n) is 11.7. The van der Waals surface area contributed by atoms with Crippen LogP contribution in [-0.4, -0.2) is 26.5 Å². The third-order valence-corrected chi connectivity index (χ3v) is 3.78. The molecule has 2 aromatic heterocycles. The molecule has 0 saturated heterocycles. The highest BCUT2D eigenvalue weighted by Crippen LogP contribution is 2.34. The molecule has 0 fully saturated rings. The first-order valence-electron chi connectivity index (χ1n) is 7.14. The lowest BCUT2D eigenvalue weighted by atomic mass is 10.0. The Morgan fingerprint density at radius 1 is 1.27 bits per heavy atom. The number of anilines is 1. The second-order valence-electron chi connectivity index (χ2n) is 5.19. The molecule has 1 atom stereocenters. The number of nitrogens with zero attached hydrogens (tertiary/aromatic N) is 3. The Kier molecular flexibility index (Phi) is 3.10. The van der Waals surface area contributed by atoms with Gasteiger partial charge in [-0.1, -0.05) is 6.07 Å². The SMILES string of the molecule is Fc1ccc2c(c1)OCCC[C@@H]2Nc1ncnc2nc[nH]c12. The lowest BCUT2D eigenvalue weighted by Crippen LogP contribution is -2.12. The van der Waals surface area contributed by atoms with E-state index in [1.165, 1.54) is 18.5 Å². The minimum atomic E-state index is -0.294. The number of fused-ring (bicyclic) bond motifs is 2. The Balaban J connectivity index is 1.72. The predicted molar refractivity (Wildman–Crippen MR) is 79.2 cm³/mol. The van der Waals surface area contributed by atoms with Crippen molar-refractivity contribution in [3.8, 4) is 5.75 Å². The maximum absolute atomic E-state index is 13.4. The van der Waals surface area contributed by atoms with Crippen LogP contribution in [-0.2, 0) is 0 Å². The molecule has 0 amide bonds. The summed E-state index contributed by atoms with van der Waals surface area (Å²) in [5, 5.41) is 3.40. The number of aromatic amines is 1. The van der Waals surface area contributed by atoms with Crippen molar-refractivity contribution < 1.29 is 9.13 Å². The molecule has 7 heteroatoms. The standard InChI is InChI=1S/C15H14FN5O/c16-9-3-4-10-11(2-1-5-22-12(10)6-9)21-15-13-14(18-7-17-13)19-8-20-15/h3-4,6-8,11H,1-2,5H2,(H2,17,18,19,20,21)/t11-/m0/s1. The van der Waals surface area contributed by atoms with Gasteiger partial charge in [0.15, 0.2) is 11.5 Å². The number of nitrogens with one attached hydrogen (secondary N) is 2. The van der Waals surface area contributed by atoms with Crippen LogP contribution in [0.3, 0.4) is 0 Å². The second kappa shape index (κ2) is 5.25. The van der Waals surface area contributed by atoms with Crippen LogP contribution in [0.5, 0.6) is 5.75 Å². The van der Waals surface area contributed by atoms with Gasteiger partial charge < -0.3 is 15.0 Å². The topological polar surface area (TPSA) is 75.7 Å². The van der Waals surface area contributed by atoms with Gasteiger partial charge in [0.25, 0.3) is 0 Å². The molecule has 0 unspecified atom stereocenters.